The Morgan fingerprint density at radius 3 is 1.14 bits per heavy atom. The van der Waals surface area contributed by atoms with Crippen LogP contribution in [0.2, 0.25) is 0 Å². The van der Waals surface area contributed by atoms with Crippen LogP contribution in [0.15, 0.2) is 97.1 Å². The molecule has 1 atom stereocenters. The van der Waals surface area contributed by atoms with E-state index in [4.69, 9.17) is 48.9 Å². The third-order valence-corrected chi connectivity index (χ3v) is 17.2. The van der Waals surface area contributed by atoms with Gasteiger partial charge in [-0.25, -0.2) is 9.59 Å². The van der Waals surface area contributed by atoms with Crippen LogP contribution in [0.3, 0.4) is 0 Å². The van der Waals surface area contributed by atoms with Crippen LogP contribution in [0.4, 0.5) is 56.1 Å². The number of nitrogens with one attached hydrogen (secondary N) is 2. The maximum absolute atomic E-state index is 15.5. The number of hydrogen-bond donors (Lipinski definition) is 2. The van der Waals surface area contributed by atoms with Gasteiger partial charge >= 0.3 is 12.1 Å². The fourth-order valence-corrected chi connectivity index (χ4v) is 11.7. The highest BCUT2D eigenvalue weighted by molar-refractivity contribution is 6.13. The van der Waals surface area contributed by atoms with Crippen molar-refractivity contribution in [1.82, 2.24) is 54.4 Å². The van der Waals surface area contributed by atoms with Crippen LogP contribution in [0, 0.1) is 0 Å². The maximum Gasteiger partial charge on any atom is 0.345 e. The van der Waals surface area contributed by atoms with Gasteiger partial charge in [0.05, 0.1) is 64.2 Å². The molecule has 1 unspecified atom stereocenters. The van der Waals surface area contributed by atoms with E-state index in [0.717, 1.165) is 32.6 Å². The van der Waals surface area contributed by atoms with Gasteiger partial charge in [-0.15, -0.1) is 0 Å². The van der Waals surface area contributed by atoms with E-state index in [1.54, 1.807) is 72.8 Å². The monoisotopic (exact) mass is 1240 g/mol. The van der Waals surface area contributed by atoms with Crippen LogP contribution in [-0.4, -0.2) is 270 Å². The minimum absolute atomic E-state index is 0.137. The molecule has 0 spiro atoms. The lowest BCUT2D eigenvalue weighted by atomic mass is 10.1. The average molecular weight is 1240 g/mol. The van der Waals surface area contributed by atoms with Gasteiger partial charge in [0, 0.05) is 144 Å². The number of hydrogen-bond acceptors (Lipinski definition) is 21. The lowest BCUT2D eigenvalue weighted by Crippen LogP contribution is -2.54. The van der Waals surface area contributed by atoms with Crippen LogP contribution in [0.1, 0.15) is 27.1 Å². The molecule has 6 aliphatic heterocycles. The number of rotatable bonds is 16. The number of amides is 6. The summed E-state index contributed by atoms with van der Waals surface area (Å²) >= 11 is 0. The number of urea groups is 2. The number of likely N-dealkylation sites (tertiary alicyclic amines) is 1. The second-order valence-corrected chi connectivity index (χ2v) is 23.7. The lowest BCUT2D eigenvalue weighted by molar-refractivity contribution is 0.0629. The number of carbonyl (C=O) groups excluding carboxylic acids is 4. The highest BCUT2D eigenvalue weighted by atomic mass is 16.5. The summed E-state index contributed by atoms with van der Waals surface area (Å²) in [5.41, 5.74) is 3.55. The van der Waals surface area contributed by atoms with Crippen LogP contribution in [0.5, 0.6) is 0 Å². The molecule has 0 bridgehead atoms. The molecule has 0 radical (unpaired) electrons. The topological polar surface area (TPSA) is 242 Å². The molecule has 91 heavy (non-hydrogen) atoms. The fourth-order valence-electron chi connectivity index (χ4n) is 11.7. The Bertz CT molecular complexity index is 3370. The molecule has 0 saturated carbocycles. The average Bonchev–Trinajstić information content (AvgIpc) is 1.97. The van der Waals surface area contributed by atoms with Gasteiger partial charge < -0.3 is 68.8 Å². The summed E-state index contributed by atoms with van der Waals surface area (Å²) in [4.78, 5) is 108. The zero-order chi connectivity index (χ0) is 62.8. The van der Waals surface area contributed by atoms with Crippen molar-refractivity contribution >= 4 is 70.4 Å². The Balaban J connectivity index is 0.875. The van der Waals surface area contributed by atoms with Gasteiger partial charge in [-0.3, -0.25) is 14.5 Å². The summed E-state index contributed by atoms with van der Waals surface area (Å²) in [7, 11) is 8.14. The van der Waals surface area contributed by atoms with Crippen molar-refractivity contribution in [3.63, 3.8) is 0 Å². The van der Waals surface area contributed by atoms with E-state index in [1.807, 2.05) is 48.2 Å². The first-order valence-electron chi connectivity index (χ1n) is 31.5. The summed E-state index contributed by atoms with van der Waals surface area (Å²) < 4.78 is 22.6. The number of hydrazine groups is 1. The van der Waals surface area contributed by atoms with Crippen LogP contribution < -0.4 is 40.3 Å². The summed E-state index contributed by atoms with van der Waals surface area (Å²) in [6.07, 6.45) is 0.848. The molecule has 2 aromatic heterocycles. The summed E-state index contributed by atoms with van der Waals surface area (Å²) in [6.45, 7) is 15.2. The van der Waals surface area contributed by atoms with E-state index in [1.165, 1.54) is 10.0 Å². The lowest BCUT2D eigenvalue weighted by Gasteiger charge is -2.36. The van der Waals surface area contributed by atoms with Gasteiger partial charge in [-0.1, -0.05) is 0 Å². The second kappa shape index (κ2) is 29.1. The molecule has 6 aliphatic rings. The maximum atomic E-state index is 15.5. The normalized spacial score (nSPS) is 18.4. The van der Waals surface area contributed by atoms with Gasteiger partial charge in [0.15, 0.2) is 11.6 Å². The zero-order valence-electron chi connectivity index (χ0n) is 52.4. The minimum Gasteiger partial charge on any atom is -0.378 e. The first-order valence-corrected chi connectivity index (χ1v) is 31.5. The smallest absolute Gasteiger partial charge is 0.345 e. The fraction of sp³-hybridized carbons (Fsp3) is 0.469. The largest absolute Gasteiger partial charge is 0.378 e. The van der Waals surface area contributed by atoms with Gasteiger partial charge in [-0.05, 0) is 132 Å². The molecule has 6 aromatic rings. The van der Waals surface area contributed by atoms with Crippen LogP contribution in [-0.2, 0) is 18.9 Å². The van der Waals surface area contributed by atoms with E-state index in [2.05, 4.69) is 59.0 Å². The Kier molecular flexibility index (Phi) is 20.0. The summed E-state index contributed by atoms with van der Waals surface area (Å²) in [5, 5.41) is 8.59. The van der Waals surface area contributed by atoms with E-state index >= 15 is 9.59 Å². The summed E-state index contributed by atoms with van der Waals surface area (Å²) in [5.74, 6) is 2.84. The second-order valence-electron chi connectivity index (χ2n) is 23.7. The predicted molar refractivity (Wildman–Crippen MR) is 347 cm³/mol. The molecule has 4 aromatic carbocycles. The highest BCUT2D eigenvalue weighted by Gasteiger charge is 2.34. The van der Waals surface area contributed by atoms with Gasteiger partial charge in [0.1, 0.15) is 0 Å². The molecule has 8 heterocycles. The van der Waals surface area contributed by atoms with Crippen molar-refractivity contribution in [1.29, 1.82) is 0 Å². The molecule has 0 aliphatic carbocycles. The molecule has 2 N–H and O–H groups in total. The first-order chi connectivity index (χ1) is 44.4. The molecule has 6 amide bonds. The highest BCUT2D eigenvalue weighted by Crippen LogP contribution is 2.31. The van der Waals surface area contributed by atoms with Gasteiger partial charge in [0.25, 0.3) is 11.8 Å². The molecular formula is C64H81N19O8. The Hall–Kier alpha value is -8.70. The minimum atomic E-state index is -0.718. The molecule has 27 nitrogen and oxygen atoms in total. The number of carbonyl (C=O) groups is 4. The quantitative estimate of drug-likeness (QED) is 0.127. The van der Waals surface area contributed by atoms with Crippen molar-refractivity contribution in [2.24, 2.45) is 0 Å². The zero-order valence-corrected chi connectivity index (χ0v) is 52.4. The van der Waals surface area contributed by atoms with Crippen LogP contribution >= 0.6 is 0 Å². The van der Waals surface area contributed by atoms with Crippen molar-refractivity contribution < 1.29 is 38.1 Å². The molecule has 6 saturated heterocycles. The van der Waals surface area contributed by atoms with Gasteiger partial charge in [-0.2, -0.15) is 39.9 Å². The first kappa shape index (κ1) is 62.5. The summed E-state index contributed by atoms with van der Waals surface area (Å²) in [6, 6.07) is 26.5. The predicted octanol–water partition coefficient (Wildman–Crippen LogP) is 4.52. The number of piperazine rings is 1. The van der Waals surface area contributed by atoms with Crippen molar-refractivity contribution in [3.05, 3.63) is 108 Å². The van der Waals surface area contributed by atoms with E-state index in [0.29, 0.717) is 200 Å². The molecule has 27 heteroatoms. The van der Waals surface area contributed by atoms with Crippen molar-refractivity contribution in [2.75, 3.05) is 226 Å². The van der Waals surface area contributed by atoms with Crippen molar-refractivity contribution in [2.45, 2.75) is 12.5 Å². The van der Waals surface area contributed by atoms with E-state index in [9.17, 15) is 9.59 Å². The number of benzene rings is 4. The Labute approximate surface area is 530 Å². The van der Waals surface area contributed by atoms with Crippen LogP contribution in [0.25, 0.3) is 22.8 Å². The number of anilines is 8. The molecule has 6 fully saturated rings. The molecular weight excluding hydrogens is 1160 g/mol. The van der Waals surface area contributed by atoms with Gasteiger partial charge in [0.2, 0.25) is 23.8 Å². The van der Waals surface area contributed by atoms with Crippen molar-refractivity contribution in [3.8, 4) is 22.8 Å². The Morgan fingerprint density at radius 1 is 0.440 bits per heavy atom. The Morgan fingerprint density at radius 2 is 0.802 bits per heavy atom. The third kappa shape index (κ3) is 15.2. The number of ether oxygens (including phenoxy) is 4. The number of nitrogens with zero attached hydrogens (tertiary/aromatic N) is 17. The third-order valence-electron chi connectivity index (χ3n) is 17.2. The van der Waals surface area contributed by atoms with E-state index in [-0.39, 0.29) is 29.2 Å². The molecule has 480 valence electrons. The molecule has 12 rings (SSSR count). The number of morpholine rings is 4. The number of likely N-dealkylation sites (N-methyl/N-ethyl adjacent to an activating group) is 2. The SMILES string of the molecule is CN(C)CCN1CCN(C(=O)c2ccc(N(C(=O)Nc3ccc(-c4nc(N5CCOCC5)nc(N5CCOCC5)n4)cc3)N(C(=O)Nc3ccc(-c4nc(N5CCOCC5)nc(N5CCOCC5)n4)cc3)c3ccc(C(=O)N4CCC(N(C)C)C4)cc3)cc2)CC1. The standard InChI is InChI=1S/C64H81N19O8/c1-73(2)23-24-75-25-27-76(28-26-75)57(84)48-9-17-52(18-10-48)82(63(86)65-50-13-5-46(6-14-50)55-67-59(77-29-37-88-38-30-77)71-60(68-55)78-31-39-89-40-32-78)83(53-19-11-49(12-20-53)58(85)81-22-21-54(45-81)74(3)4)64(87)66-51-15-7-47(8-16-51)56-69-61(79-33-41-90-42-34-79)72-62(70-56)80-35-43-91-44-36-80/h5-20,54H,21-45H2,1-4H3,(H,65,86)(H,66,87). The van der Waals surface area contributed by atoms with E-state index < -0.39 is 12.1 Å². The number of aromatic nitrogens is 6.